The first kappa shape index (κ1) is 9.98. The molecule has 0 aromatic heterocycles. The van der Waals surface area contributed by atoms with E-state index >= 15 is 0 Å². The number of rotatable bonds is 5. The lowest BCUT2D eigenvalue weighted by Gasteiger charge is -2.10. The third-order valence-electron chi connectivity index (χ3n) is 1.98. The molecule has 1 heterocycles. The molecule has 1 aliphatic rings. The lowest BCUT2D eigenvalue weighted by atomic mass is 10.2. The number of aliphatic hydroxyl groups is 1. The number of aliphatic hydroxyl groups excluding tert-OH is 1. The summed E-state index contributed by atoms with van der Waals surface area (Å²) in [6, 6.07) is -0.297. The third kappa shape index (κ3) is 2.69. The number of urea groups is 1. The van der Waals surface area contributed by atoms with Gasteiger partial charge in [0.15, 0.2) is 0 Å². The maximum atomic E-state index is 11.0. The zero-order chi connectivity index (χ0) is 9.68. The molecule has 5 heteroatoms. The van der Waals surface area contributed by atoms with Gasteiger partial charge in [-0.05, 0) is 19.3 Å². The fraction of sp³-hybridized carbons (Fsp3) is 0.750. The van der Waals surface area contributed by atoms with Gasteiger partial charge in [0.1, 0.15) is 0 Å². The van der Waals surface area contributed by atoms with E-state index in [1.54, 1.807) is 0 Å². The highest BCUT2D eigenvalue weighted by atomic mass is 16.3. The Kier molecular flexibility index (Phi) is 3.70. The third-order valence-corrected chi connectivity index (χ3v) is 1.98. The van der Waals surface area contributed by atoms with Crippen LogP contribution in [-0.4, -0.2) is 41.6 Å². The van der Waals surface area contributed by atoms with E-state index in [0.29, 0.717) is 6.54 Å². The predicted molar refractivity (Wildman–Crippen MR) is 46.0 cm³/mol. The fourth-order valence-electron chi connectivity index (χ4n) is 1.24. The van der Waals surface area contributed by atoms with Crippen LogP contribution in [0.4, 0.5) is 4.79 Å². The van der Waals surface area contributed by atoms with Gasteiger partial charge in [0, 0.05) is 13.2 Å². The number of carbonyl (C=O) groups is 2. The predicted octanol–water partition coefficient (Wildman–Crippen LogP) is -0.299. The average molecular weight is 186 g/mol. The zero-order valence-corrected chi connectivity index (χ0v) is 7.45. The van der Waals surface area contributed by atoms with Gasteiger partial charge in [-0.3, -0.25) is 9.69 Å². The number of nitrogens with one attached hydrogen (secondary N) is 1. The number of nitrogens with zero attached hydrogens (tertiary/aromatic N) is 1. The van der Waals surface area contributed by atoms with E-state index in [0.717, 1.165) is 19.3 Å². The van der Waals surface area contributed by atoms with Crippen molar-refractivity contribution in [2.45, 2.75) is 19.3 Å². The molecule has 1 saturated heterocycles. The molecule has 0 saturated carbocycles. The van der Waals surface area contributed by atoms with Gasteiger partial charge in [-0.1, -0.05) is 0 Å². The molecule has 1 aliphatic heterocycles. The van der Waals surface area contributed by atoms with Crippen molar-refractivity contribution in [2.75, 3.05) is 19.7 Å². The summed E-state index contributed by atoms with van der Waals surface area (Å²) in [5.41, 5.74) is 0. The van der Waals surface area contributed by atoms with Gasteiger partial charge in [-0.15, -0.1) is 0 Å². The van der Waals surface area contributed by atoms with Crippen LogP contribution in [0.3, 0.4) is 0 Å². The molecule has 0 aromatic rings. The first-order valence-corrected chi connectivity index (χ1v) is 4.45. The summed E-state index contributed by atoms with van der Waals surface area (Å²) >= 11 is 0. The van der Waals surface area contributed by atoms with Crippen molar-refractivity contribution in [3.05, 3.63) is 0 Å². The summed E-state index contributed by atoms with van der Waals surface area (Å²) in [4.78, 5) is 23.3. The molecular weight excluding hydrogens is 172 g/mol. The Balaban J connectivity index is 2.20. The van der Waals surface area contributed by atoms with E-state index in [2.05, 4.69) is 5.32 Å². The molecule has 5 nitrogen and oxygen atoms in total. The maximum Gasteiger partial charge on any atom is 0.324 e. The first-order valence-electron chi connectivity index (χ1n) is 4.45. The SMILES string of the molecule is O=C1CNC(=O)N1CCCCCO. The molecule has 1 fully saturated rings. The van der Waals surface area contributed by atoms with Crippen molar-refractivity contribution in [3.63, 3.8) is 0 Å². The van der Waals surface area contributed by atoms with Crippen LogP contribution in [0.1, 0.15) is 19.3 Å². The molecule has 0 aromatic carbocycles. The first-order chi connectivity index (χ1) is 6.25. The average Bonchev–Trinajstić information content (AvgIpc) is 2.42. The monoisotopic (exact) mass is 186 g/mol. The van der Waals surface area contributed by atoms with Crippen LogP contribution in [0.15, 0.2) is 0 Å². The minimum Gasteiger partial charge on any atom is -0.396 e. The summed E-state index contributed by atoms with van der Waals surface area (Å²) in [5.74, 6) is -0.158. The van der Waals surface area contributed by atoms with Gasteiger partial charge in [0.25, 0.3) is 0 Å². The van der Waals surface area contributed by atoms with Gasteiger partial charge in [0.05, 0.1) is 6.54 Å². The lowest BCUT2D eigenvalue weighted by Crippen LogP contribution is -2.31. The number of amides is 3. The van der Waals surface area contributed by atoms with Crippen LogP contribution in [0, 0.1) is 0 Å². The second-order valence-corrected chi connectivity index (χ2v) is 2.99. The molecule has 1 rings (SSSR count). The van der Waals surface area contributed by atoms with E-state index in [-0.39, 0.29) is 25.1 Å². The van der Waals surface area contributed by atoms with Crippen LogP contribution in [0.2, 0.25) is 0 Å². The van der Waals surface area contributed by atoms with Crippen molar-refractivity contribution in [2.24, 2.45) is 0 Å². The summed E-state index contributed by atoms with van der Waals surface area (Å²) in [6.07, 6.45) is 2.33. The fourth-order valence-corrected chi connectivity index (χ4v) is 1.24. The Bertz CT molecular complexity index is 190. The molecule has 74 valence electrons. The van der Waals surface area contributed by atoms with Crippen LogP contribution in [-0.2, 0) is 4.79 Å². The Morgan fingerprint density at radius 2 is 2.08 bits per heavy atom. The minimum absolute atomic E-state index is 0.124. The Labute approximate surface area is 76.7 Å². The van der Waals surface area contributed by atoms with E-state index in [1.807, 2.05) is 0 Å². The molecule has 0 unspecified atom stereocenters. The highest BCUT2D eigenvalue weighted by Gasteiger charge is 2.27. The number of hydrogen-bond acceptors (Lipinski definition) is 3. The lowest BCUT2D eigenvalue weighted by molar-refractivity contribution is -0.125. The van der Waals surface area contributed by atoms with Gasteiger partial charge in [-0.25, -0.2) is 4.79 Å². The largest absolute Gasteiger partial charge is 0.396 e. The van der Waals surface area contributed by atoms with Crippen molar-refractivity contribution in [3.8, 4) is 0 Å². The number of imide groups is 1. The molecule has 13 heavy (non-hydrogen) atoms. The molecular formula is C8H14N2O3. The summed E-state index contributed by atoms with van der Waals surface area (Å²) in [7, 11) is 0. The smallest absolute Gasteiger partial charge is 0.324 e. The molecule has 2 N–H and O–H groups in total. The van der Waals surface area contributed by atoms with Crippen molar-refractivity contribution >= 4 is 11.9 Å². The van der Waals surface area contributed by atoms with Crippen molar-refractivity contribution < 1.29 is 14.7 Å². The second-order valence-electron chi connectivity index (χ2n) is 2.99. The normalized spacial score (nSPS) is 16.5. The minimum atomic E-state index is -0.297. The number of hydrogen-bond donors (Lipinski definition) is 2. The van der Waals surface area contributed by atoms with Gasteiger partial charge in [-0.2, -0.15) is 0 Å². The molecule has 0 bridgehead atoms. The maximum absolute atomic E-state index is 11.0. The van der Waals surface area contributed by atoms with Crippen molar-refractivity contribution in [1.29, 1.82) is 0 Å². The Morgan fingerprint density at radius 3 is 2.62 bits per heavy atom. The van der Waals surface area contributed by atoms with Gasteiger partial charge >= 0.3 is 6.03 Å². The topological polar surface area (TPSA) is 69.6 Å². The van der Waals surface area contributed by atoms with Crippen LogP contribution >= 0.6 is 0 Å². The van der Waals surface area contributed by atoms with Crippen LogP contribution in [0.25, 0.3) is 0 Å². The molecule has 0 atom stereocenters. The number of unbranched alkanes of at least 4 members (excludes halogenated alkanes) is 2. The number of carbonyl (C=O) groups excluding carboxylic acids is 2. The molecule has 0 spiro atoms. The summed E-state index contributed by atoms with van der Waals surface area (Å²) in [6.45, 7) is 0.754. The Hall–Kier alpha value is -1.10. The van der Waals surface area contributed by atoms with E-state index < -0.39 is 0 Å². The van der Waals surface area contributed by atoms with E-state index in [9.17, 15) is 9.59 Å². The van der Waals surface area contributed by atoms with Gasteiger partial charge < -0.3 is 10.4 Å². The summed E-state index contributed by atoms with van der Waals surface area (Å²) in [5, 5.41) is 11.0. The highest BCUT2D eigenvalue weighted by Crippen LogP contribution is 2.03. The standard InChI is InChI=1S/C8H14N2O3/c11-5-3-1-2-4-10-7(12)6-9-8(10)13/h11H,1-6H2,(H,9,13). The quantitative estimate of drug-likeness (QED) is 0.457. The summed E-state index contributed by atoms with van der Waals surface area (Å²) < 4.78 is 0. The van der Waals surface area contributed by atoms with Crippen molar-refractivity contribution in [1.82, 2.24) is 10.2 Å². The molecule has 0 aliphatic carbocycles. The Morgan fingerprint density at radius 1 is 1.31 bits per heavy atom. The second kappa shape index (κ2) is 4.81. The van der Waals surface area contributed by atoms with Gasteiger partial charge in [0.2, 0.25) is 5.91 Å². The van der Waals surface area contributed by atoms with E-state index in [1.165, 1.54) is 4.90 Å². The van der Waals surface area contributed by atoms with Crippen LogP contribution in [0.5, 0.6) is 0 Å². The highest BCUT2D eigenvalue weighted by molar-refractivity contribution is 6.01. The molecule has 0 radical (unpaired) electrons. The van der Waals surface area contributed by atoms with E-state index in [4.69, 9.17) is 5.11 Å². The van der Waals surface area contributed by atoms with Crippen LogP contribution < -0.4 is 5.32 Å². The molecule has 3 amide bonds. The zero-order valence-electron chi connectivity index (χ0n) is 7.45.